The van der Waals surface area contributed by atoms with Crippen LogP contribution in [0, 0.1) is 0 Å². The molecule has 0 aliphatic heterocycles. The van der Waals surface area contributed by atoms with Crippen molar-refractivity contribution in [2.24, 2.45) is 0 Å². The maximum Gasteiger partial charge on any atom is 0.255 e. The van der Waals surface area contributed by atoms with Crippen molar-refractivity contribution in [3.8, 4) is 17.2 Å². The molecule has 30 heavy (non-hydrogen) atoms. The normalized spacial score (nSPS) is 10.4. The van der Waals surface area contributed by atoms with Crippen molar-refractivity contribution in [2.75, 3.05) is 19.0 Å². The SMILES string of the molecule is CCOc1ccc(C(=O)Nc2cc(Cl)ccc2Cl)cc1COc1ccc(OC)cc1. The van der Waals surface area contributed by atoms with Gasteiger partial charge in [-0.25, -0.2) is 0 Å². The van der Waals surface area contributed by atoms with Crippen LogP contribution in [0.2, 0.25) is 10.0 Å². The highest BCUT2D eigenvalue weighted by Crippen LogP contribution is 2.27. The molecule has 156 valence electrons. The summed E-state index contributed by atoms with van der Waals surface area (Å²) in [6, 6.07) is 17.3. The second-order valence-corrected chi connectivity index (χ2v) is 7.14. The summed E-state index contributed by atoms with van der Waals surface area (Å²) in [5.41, 5.74) is 1.64. The Balaban J connectivity index is 1.78. The van der Waals surface area contributed by atoms with Gasteiger partial charge in [-0.05, 0) is 67.6 Å². The highest BCUT2D eigenvalue weighted by molar-refractivity contribution is 6.35. The first-order valence-electron chi connectivity index (χ1n) is 9.29. The minimum absolute atomic E-state index is 0.237. The second-order valence-electron chi connectivity index (χ2n) is 6.30. The summed E-state index contributed by atoms with van der Waals surface area (Å²) < 4.78 is 16.7. The average molecular weight is 446 g/mol. The Morgan fingerprint density at radius 1 is 0.933 bits per heavy atom. The number of anilines is 1. The molecular formula is C23H21Cl2NO4. The van der Waals surface area contributed by atoms with E-state index in [9.17, 15) is 4.79 Å². The molecule has 0 atom stereocenters. The number of amides is 1. The van der Waals surface area contributed by atoms with Gasteiger partial charge in [0.2, 0.25) is 0 Å². The molecular weight excluding hydrogens is 425 g/mol. The van der Waals surface area contributed by atoms with Gasteiger partial charge < -0.3 is 19.5 Å². The molecule has 0 saturated heterocycles. The molecule has 0 unspecified atom stereocenters. The Labute approximate surface area is 185 Å². The van der Waals surface area contributed by atoms with Crippen LogP contribution < -0.4 is 19.5 Å². The quantitative estimate of drug-likeness (QED) is 0.446. The molecule has 0 spiro atoms. The smallest absolute Gasteiger partial charge is 0.255 e. The van der Waals surface area contributed by atoms with E-state index >= 15 is 0 Å². The molecule has 3 aromatic rings. The van der Waals surface area contributed by atoms with E-state index in [1.165, 1.54) is 0 Å². The molecule has 0 saturated carbocycles. The zero-order chi connectivity index (χ0) is 21.5. The van der Waals surface area contributed by atoms with Crippen molar-refractivity contribution < 1.29 is 19.0 Å². The van der Waals surface area contributed by atoms with Gasteiger partial charge in [0.25, 0.3) is 5.91 Å². The number of methoxy groups -OCH3 is 1. The lowest BCUT2D eigenvalue weighted by Crippen LogP contribution is -2.13. The van der Waals surface area contributed by atoms with Crippen LogP contribution in [0.4, 0.5) is 5.69 Å². The van der Waals surface area contributed by atoms with Crippen LogP contribution >= 0.6 is 23.2 Å². The van der Waals surface area contributed by atoms with Gasteiger partial charge in [-0.3, -0.25) is 4.79 Å². The Hall–Kier alpha value is -2.89. The Morgan fingerprint density at radius 2 is 1.67 bits per heavy atom. The van der Waals surface area contributed by atoms with Crippen molar-refractivity contribution in [1.82, 2.24) is 0 Å². The fourth-order valence-corrected chi connectivity index (χ4v) is 3.09. The van der Waals surface area contributed by atoms with E-state index < -0.39 is 0 Å². The van der Waals surface area contributed by atoms with Crippen LogP contribution in [0.15, 0.2) is 60.7 Å². The zero-order valence-corrected chi connectivity index (χ0v) is 18.1. The van der Waals surface area contributed by atoms with Gasteiger partial charge in [0.15, 0.2) is 0 Å². The summed E-state index contributed by atoms with van der Waals surface area (Å²) in [6.07, 6.45) is 0. The predicted molar refractivity (Wildman–Crippen MR) is 119 cm³/mol. The van der Waals surface area contributed by atoms with Gasteiger partial charge >= 0.3 is 0 Å². The minimum Gasteiger partial charge on any atom is -0.497 e. The third-order valence-electron chi connectivity index (χ3n) is 4.25. The molecule has 5 nitrogen and oxygen atoms in total. The van der Waals surface area contributed by atoms with Gasteiger partial charge in [-0.15, -0.1) is 0 Å². The van der Waals surface area contributed by atoms with Crippen LogP contribution in [-0.2, 0) is 6.61 Å². The van der Waals surface area contributed by atoms with Crippen LogP contribution in [0.1, 0.15) is 22.8 Å². The van der Waals surface area contributed by atoms with Crippen LogP contribution in [0.25, 0.3) is 0 Å². The number of ether oxygens (including phenoxy) is 3. The first-order chi connectivity index (χ1) is 14.5. The topological polar surface area (TPSA) is 56.8 Å². The number of hydrogen-bond donors (Lipinski definition) is 1. The number of nitrogens with one attached hydrogen (secondary N) is 1. The van der Waals surface area contributed by atoms with Crippen molar-refractivity contribution in [1.29, 1.82) is 0 Å². The highest BCUT2D eigenvalue weighted by atomic mass is 35.5. The van der Waals surface area contributed by atoms with Crippen LogP contribution in [-0.4, -0.2) is 19.6 Å². The fraction of sp³-hybridized carbons (Fsp3) is 0.174. The third kappa shape index (κ3) is 5.59. The van der Waals surface area contributed by atoms with Crippen molar-refractivity contribution in [2.45, 2.75) is 13.5 Å². The molecule has 0 radical (unpaired) electrons. The number of rotatable bonds is 8. The molecule has 3 aromatic carbocycles. The minimum atomic E-state index is -0.312. The van der Waals surface area contributed by atoms with Gasteiger partial charge in [-0.2, -0.15) is 0 Å². The van der Waals surface area contributed by atoms with Crippen LogP contribution in [0.3, 0.4) is 0 Å². The van der Waals surface area contributed by atoms with E-state index in [1.807, 2.05) is 31.2 Å². The maximum atomic E-state index is 12.7. The lowest BCUT2D eigenvalue weighted by molar-refractivity contribution is 0.102. The largest absolute Gasteiger partial charge is 0.497 e. The van der Waals surface area contributed by atoms with E-state index in [0.29, 0.717) is 39.4 Å². The van der Waals surface area contributed by atoms with Gasteiger partial charge in [0, 0.05) is 16.1 Å². The molecule has 0 heterocycles. The van der Waals surface area contributed by atoms with E-state index in [2.05, 4.69) is 5.32 Å². The first kappa shape index (κ1) is 21.8. The molecule has 0 bridgehead atoms. The Bertz CT molecular complexity index is 1020. The molecule has 0 aliphatic rings. The number of hydrogen-bond acceptors (Lipinski definition) is 4. The van der Waals surface area contributed by atoms with Crippen molar-refractivity contribution in [3.05, 3.63) is 81.8 Å². The molecule has 1 amide bonds. The van der Waals surface area contributed by atoms with E-state index in [0.717, 1.165) is 11.3 Å². The van der Waals surface area contributed by atoms with Gasteiger partial charge in [-0.1, -0.05) is 23.2 Å². The summed E-state index contributed by atoms with van der Waals surface area (Å²) in [5.74, 6) is 1.77. The monoisotopic (exact) mass is 445 g/mol. The summed E-state index contributed by atoms with van der Waals surface area (Å²) in [7, 11) is 1.61. The van der Waals surface area contributed by atoms with Crippen molar-refractivity contribution in [3.63, 3.8) is 0 Å². The predicted octanol–water partition coefficient (Wildman–Crippen LogP) is 6.23. The molecule has 0 aromatic heterocycles. The molecule has 0 fully saturated rings. The molecule has 0 aliphatic carbocycles. The second kappa shape index (κ2) is 10.2. The van der Waals surface area contributed by atoms with E-state index in [-0.39, 0.29) is 12.5 Å². The number of benzene rings is 3. The number of carbonyl (C=O) groups is 1. The van der Waals surface area contributed by atoms with Crippen molar-refractivity contribution >= 4 is 34.8 Å². The zero-order valence-electron chi connectivity index (χ0n) is 16.6. The summed E-state index contributed by atoms with van der Waals surface area (Å²) in [5, 5.41) is 3.67. The fourth-order valence-electron chi connectivity index (χ4n) is 2.75. The molecule has 1 N–H and O–H groups in total. The molecule has 3 rings (SSSR count). The van der Waals surface area contributed by atoms with Gasteiger partial charge in [0.1, 0.15) is 23.9 Å². The molecule has 7 heteroatoms. The van der Waals surface area contributed by atoms with E-state index in [1.54, 1.807) is 43.5 Å². The van der Waals surface area contributed by atoms with E-state index in [4.69, 9.17) is 37.4 Å². The Kier molecular flexibility index (Phi) is 7.44. The number of carbonyl (C=O) groups excluding carboxylic acids is 1. The lowest BCUT2D eigenvalue weighted by Gasteiger charge is -2.14. The standard InChI is InChI=1S/C23H21Cl2NO4/c1-3-29-22-11-4-15(23(27)26-21-13-17(24)5-10-20(21)25)12-16(22)14-30-19-8-6-18(28-2)7-9-19/h4-13H,3,14H2,1-2H3,(H,26,27). The third-order valence-corrected chi connectivity index (χ3v) is 4.82. The maximum absolute atomic E-state index is 12.7. The highest BCUT2D eigenvalue weighted by Gasteiger charge is 2.13. The van der Waals surface area contributed by atoms with Crippen LogP contribution in [0.5, 0.6) is 17.2 Å². The summed E-state index contributed by atoms with van der Waals surface area (Å²) >= 11 is 12.1. The average Bonchev–Trinajstić information content (AvgIpc) is 2.76. The lowest BCUT2D eigenvalue weighted by atomic mass is 10.1. The number of halogens is 2. The van der Waals surface area contributed by atoms with Gasteiger partial charge in [0.05, 0.1) is 24.4 Å². The Morgan fingerprint density at radius 3 is 2.37 bits per heavy atom. The summed E-state index contributed by atoms with van der Waals surface area (Å²) in [4.78, 5) is 12.7. The summed E-state index contributed by atoms with van der Waals surface area (Å²) in [6.45, 7) is 2.63. The first-order valence-corrected chi connectivity index (χ1v) is 10.0.